The third-order valence-electron chi connectivity index (χ3n) is 5.12. The normalized spacial score (nSPS) is 10.7. The first-order chi connectivity index (χ1) is 15.0. The Balaban J connectivity index is 2.00. The fraction of sp³-hybridized carbons (Fsp3) is 0.320. The zero-order valence-corrected chi connectivity index (χ0v) is 18.6. The minimum atomic E-state index is -0.458. The van der Waals surface area contributed by atoms with Crippen LogP contribution in [0.15, 0.2) is 54.6 Å². The Hall–Kier alpha value is -3.41. The average molecular weight is 420 g/mol. The third kappa shape index (κ3) is 5.02. The second-order valence-corrected chi connectivity index (χ2v) is 7.37. The van der Waals surface area contributed by atoms with E-state index < -0.39 is 5.97 Å². The second kappa shape index (κ2) is 10.1. The summed E-state index contributed by atoms with van der Waals surface area (Å²) < 4.78 is 6.86. The van der Waals surface area contributed by atoms with Gasteiger partial charge in [-0.25, -0.2) is 9.48 Å². The van der Waals surface area contributed by atoms with Gasteiger partial charge in [-0.1, -0.05) is 38.1 Å². The van der Waals surface area contributed by atoms with Crippen molar-refractivity contribution in [3.63, 3.8) is 0 Å². The summed E-state index contributed by atoms with van der Waals surface area (Å²) in [7, 11) is 1.80. The maximum atomic E-state index is 12.5. The van der Waals surface area contributed by atoms with Crippen LogP contribution in [0.1, 0.15) is 53.6 Å². The van der Waals surface area contributed by atoms with Crippen molar-refractivity contribution in [1.29, 1.82) is 0 Å². The number of esters is 1. The van der Waals surface area contributed by atoms with Crippen molar-refractivity contribution in [3.8, 4) is 16.9 Å². The van der Waals surface area contributed by atoms with E-state index in [1.165, 1.54) is 5.56 Å². The van der Waals surface area contributed by atoms with Crippen molar-refractivity contribution in [1.82, 2.24) is 14.7 Å². The lowest BCUT2D eigenvalue weighted by molar-refractivity contribution is 0.0518. The Morgan fingerprint density at radius 3 is 2.26 bits per heavy atom. The van der Waals surface area contributed by atoms with Gasteiger partial charge in [-0.2, -0.15) is 5.10 Å². The summed E-state index contributed by atoms with van der Waals surface area (Å²) in [5.41, 5.74) is 4.60. The summed E-state index contributed by atoms with van der Waals surface area (Å²) in [5, 5.41) is 4.50. The lowest BCUT2D eigenvalue weighted by atomic mass is 10.1. The predicted octanol–water partition coefficient (Wildman–Crippen LogP) is 4.76. The minimum Gasteiger partial charge on any atom is -0.461 e. The zero-order chi connectivity index (χ0) is 22.4. The van der Waals surface area contributed by atoms with Gasteiger partial charge in [0.2, 0.25) is 0 Å². The molecular weight excluding hydrogens is 390 g/mol. The molecule has 0 aliphatic carbocycles. The fourth-order valence-corrected chi connectivity index (χ4v) is 3.40. The van der Waals surface area contributed by atoms with Crippen LogP contribution in [-0.2, 0) is 11.2 Å². The number of nitrogens with zero attached hydrogens (tertiary/aromatic N) is 3. The van der Waals surface area contributed by atoms with Gasteiger partial charge in [-0.15, -0.1) is 0 Å². The van der Waals surface area contributed by atoms with E-state index in [1.54, 1.807) is 41.8 Å². The zero-order valence-electron chi connectivity index (χ0n) is 18.6. The van der Waals surface area contributed by atoms with Crippen LogP contribution >= 0.6 is 0 Å². The van der Waals surface area contributed by atoms with Gasteiger partial charge in [0, 0.05) is 24.7 Å². The monoisotopic (exact) mass is 419 g/mol. The number of rotatable bonds is 8. The molecule has 3 aromatic rings. The van der Waals surface area contributed by atoms with E-state index >= 15 is 0 Å². The van der Waals surface area contributed by atoms with Crippen molar-refractivity contribution in [2.75, 3.05) is 20.2 Å². The first-order valence-electron chi connectivity index (χ1n) is 10.7. The average Bonchev–Trinajstić information content (AvgIpc) is 3.25. The van der Waals surface area contributed by atoms with E-state index in [0.29, 0.717) is 12.1 Å². The highest BCUT2D eigenvalue weighted by Crippen LogP contribution is 2.25. The van der Waals surface area contributed by atoms with E-state index in [0.717, 1.165) is 29.8 Å². The highest BCUT2D eigenvalue weighted by Gasteiger charge is 2.18. The first kappa shape index (κ1) is 22.3. The number of hydrogen-bond acceptors (Lipinski definition) is 4. The Kier molecular flexibility index (Phi) is 7.23. The molecule has 1 aromatic heterocycles. The first-order valence-corrected chi connectivity index (χ1v) is 10.7. The summed E-state index contributed by atoms with van der Waals surface area (Å²) in [6.07, 6.45) is 1.86. The summed E-state index contributed by atoms with van der Waals surface area (Å²) in [4.78, 5) is 26.6. The number of carbonyl (C=O) groups excluding carboxylic acids is 2. The molecule has 1 heterocycles. The summed E-state index contributed by atoms with van der Waals surface area (Å²) >= 11 is 0. The second-order valence-electron chi connectivity index (χ2n) is 7.37. The maximum absolute atomic E-state index is 12.5. The van der Waals surface area contributed by atoms with Gasteiger partial charge in [0.25, 0.3) is 5.91 Å². The van der Waals surface area contributed by atoms with Crippen LogP contribution in [0.3, 0.4) is 0 Å². The lowest BCUT2D eigenvalue weighted by Crippen LogP contribution is -2.27. The molecule has 1 amide bonds. The minimum absolute atomic E-state index is 0.0172. The molecule has 2 aromatic carbocycles. The van der Waals surface area contributed by atoms with Gasteiger partial charge < -0.3 is 9.64 Å². The van der Waals surface area contributed by atoms with E-state index in [1.807, 2.05) is 31.2 Å². The topological polar surface area (TPSA) is 64.4 Å². The van der Waals surface area contributed by atoms with Crippen LogP contribution in [0.4, 0.5) is 0 Å². The molecule has 0 saturated heterocycles. The summed E-state index contributed by atoms with van der Waals surface area (Å²) in [5.74, 6) is -0.475. The third-order valence-corrected chi connectivity index (χ3v) is 5.12. The molecule has 0 radical (unpaired) electrons. The van der Waals surface area contributed by atoms with Gasteiger partial charge in [0.15, 0.2) is 5.69 Å². The van der Waals surface area contributed by atoms with Crippen molar-refractivity contribution in [2.24, 2.45) is 0 Å². The molecular formula is C25H29N3O3. The molecule has 0 spiro atoms. The van der Waals surface area contributed by atoms with Crippen LogP contribution in [0.5, 0.6) is 0 Å². The molecule has 31 heavy (non-hydrogen) atoms. The smallest absolute Gasteiger partial charge is 0.358 e. The van der Waals surface area contributed by atoms with E-state index in [4.69, 9.17) is 4.74 Å². The molecule has 0 atom stereocenters. The lowest BCUT2D eigenvalue weighted by Gasteiger charge is -2.16. The number of ether oxygens (including phenoxy) is 1. The van der Waals surface area contributed by atoms with Gasteiger partial charge in [-0.3, -0.25) is 4.79 Å². The standard InChI is InChI=1S/C25H29N3O3/c1-5-16-27(4)24(29)20-12-14-21(15-13-20)28-23(17-22(26-28)25(30)31-7-3)19-10-8-18(6-2)9-11-19/h8-15,17H,5-7,16H2,1-4H3. The van der Waals surface area contributed by atoms with E-state index in [-0.39, 0.29) is 18.2 Å². The number of aromatic nitrogens is 2. The molecule has 0 saturated carbocycles. The van der Waals surface area contributed by atoms with Gasteiger partial charge in [0.05, 0.1) is 18.0 Å². The molecule has 3 rings (SSSR count). The molecule has 162 valence electrons. The molecule has 0 aliphatic heterocycles. The summed E-state index contributed by atoms with van der Waals surface area (Å²) in [6.45, 7) is 6.92. The SMILES string of the molecule is CCCN(C)C(=O)c1ccc(-n2nc(C(=O)OCC)cc2-c2ccc(CC)cc2)cc1. The Labute approximate surface area is 183 Å². The van der Waals surface area contributed by atoms with E-state index in [2.05, 4.69) is 24.2 Å². The quantitative estimate of drug-likeness (QED) is 0.494. The van der Waals surface area contributed by atoms with Crippen LogP contribution < -0.4 is 0 Å². The molecule has 6 nitrogen and oxygen atoms in total. The Bertz CT molecular complexity index is 1040. The fourth-order valence-electron chi connectivity index (χ4n) is 3.40. The number of hydrogen-bond donors (Lipinski definition) is 0. The van der Waals surface area contributed by atoms with Crippen molar-refractivity contribution in [2.45, 2.75) is 33.6 Å². The maximum Gasteiger partial charge on any atom is 0.358 e. The van der Waals surface area contributed by atoms with Crippen LogP contribution in [0, 0.1) is 0 Å². The largest absolute Gasteiger partial charge is 0.461 e. The van der Waals surface area contributed by atoms with Gasteiger partial charge in [0.1, 0.15) is 0 Å². The highest BCUT2D eigenvalue weighted by molar-refractivity contribution is 5.94. The van der Waals surface area contributed by atoms with Crippen LogP contribution in [0.2, 0.25) is 0 Å². The van der Waals surface area contributed by atoms with Crippen LogP contribution in [-0.4, -0.2) is 46.8 Å². The predicted molar refractivity (Wildman–Crippen MR) is 122 cm³/mol. The summed E-state index contributed by atoms with van der Waals surface area (Å²) in [6, 6.07) is 17.2. The van der Waals surface area contributed by atoms with Crippen molar-refractivity contribution >= 4 is 11.9 Å². The van der Waals surface area contributed by atoms with Gasteiger partial charge >= 0.3 is 5.97 Å². The molecule has 0 bridgehead atoms. The highest BCUT2D eigenvalue weighted by atomic mass is 16.5. The van der Waals surface area contributed by atoms with Crippen molar-refractivity contribution in [3.05, 3.63) is 71.4 Å². The number of amides is 1. The molecule has 6 heteroatoms. The number of aryl methyl sites for hydroxylation is 1. The Morgan fingerprint density at radius 1 is 1.00 bits per heavy atom. The van der Waals surface area contributed by atoms with Crippen LogP contribution in [0.25, 0.3) is 16.9 Å². The number of carbonyl (C=O) groups is 2. The van der Waals surface area contributed by atoms with Gasteiger partial charge in [-0.05, 0) is 55.7 Å². The molecule has 0 N–H and O–H groups in total. The van der Waals surface area contributed by atoms with E-state index in [9.17, 15) is 9.59 Å². The Morgan fingerprint density at radius 2 is 1.68 bits per heavy atom. The number of benzene rings is 2. The molecule has 0 aliphatic rings. The van der Waals surface area contributed by atoms with Crippen molar-refractivity contribution < 1.29 is 14.3 Å². The molecule has 0 fully saturated rings. The molecule has 0 unspecified atom stereocenters.